The van der Waals surface area contributed by atoms with E-state index in [4.69, 9.17) is 10.00 Å². The van der Waals surface area contributed by atoms with Gasteiger partial charge in [0.15, 0.2) is 0 Å². The van der Waals surface area contributed by atoms with E-state index in [1.54, 1.807) is 11.4 Å². The lowest BCUT2D eigenvalue weighted by Crippen LogP contribution is -2.55. The number of anilines is 1. The molecular weight excluding hydrogens is 290 g/mol. The fraction of sp³-hybridized carbons (Fsp3) is 0.571. The number of hydrogen-bond acceptors (Lipinski definition) is 6. The summed E-state index contributed by atoms with van der Waals surface area (Å²) < 4.78 is 5.71. The van der Waals surface area contributed by atoms with Crippen LogP contribution in [0.3, 0.4) is 0 Å². The average molecular weight is 309 g/mol. The number of thiophene rings is 1. The van der Waals surface area contributed by atoms with Crippen LogP contribution in [0.5, 0.6) is 0 Å². The lowest BCUT2D eigenvalue weighted by Gasteiger charge is -2.41. The Morgan fingerprint density at radius 2 is 2.48 bits per heavy atom. The van der Waals surface area contributed by atoms with Gasteiger partial charge in [0.2, 0.25) is 5.91 Å². The van der Waals surface area contributed by atoms with E-state index in [1.165, 1.54) is 11.3 Å². The number of amides is 1. The third-order valence-electron chi connectivity index (χ3n) is 3.16. The molecule has 1 aliphatic rings. The summed E-state index contributed by atoms with van der Waals surface area (Å²) in [5, 5.41) is 23.3. The predicted molar refractivity (Wildman–Crippen MR) is 80.1 cm³/mol. The first-order chi connectivity index (χ1) is 9.93. The van der Waals surface area contributed by atoms with Crippen molar-refractivity contribution in [3.05, 3.63) is 17.0 Å². The molecule has 1 aromatic rings. The molecule has 0 spiro atoms. The van der Waals surface area contributed by atoms with E-state index in [0.29, 0.717) is 23.7 Å². The summed E-state index contributed by atoms with van der Waals surface area (Å²) in [5.41, 5.74) is 0.0797. The van der Waals surface area contributed by atoms with Gasteiger partial charge in [0.05, 0.1) is 30.4 Å². The summed E-state index contributed by atoms with van der Waals surface area (Å²) in [6, 6.07) is 3.72. The molecule has 1 fully saturated rings. The number of nitrogens with one attached hydrogen (secondary N) is 1. The minimum absolute atomic E-state index is 0.0644. The Morgan fingerprint density at radius 1 is 1.71 bits per heavy atom. The third-order valence-corrected chi connectivity index (χ3v) is 3.99. The molecule has 1 atom stereocenters. The van der Waals surface area contributed by atoms with Gasteiger partial charge in [-0.05, 0) is 25.3 Å². The first kappa shape index (κ1) is 15.9. The first-order valence-electron chi connectivity index (χ1n) is 6.72. The molecule has 1 aliphatic heterocycles. The van der Waals surface area contributed by atoms with Crippen molar-refractivity contribution in [1.29, 1.82) is 5.26 Å². The van der Waals surface area contributed by atoms with Gasteiger partial charge < -0.3 is 15.2 Å². The van der Waals surface area contributed by atoms with Crippen molar-refractivity contribution in [3.8, 4) is 6.07 Å². The second kappa shape index (κ2) is 6.54. The summed E-state index contributed by atoms with van der Waals surface area (Å²) in [4.78, 5) is 14.1. The fourth-order valence-corrected chi connectivity index (χ4v) is 3.25. The van der Waals surface area contributed by atoms with Crippen molar-refractivity contribution in [3.63, 3.8) is 0 Å². The number of carbonyl (C=O) groups excluding carboxylic acids is 1. The Balaban J connectivity index is 1.94. The van der Waals surface area contributed by atoms with Gasteiger partial charge in [-0.15, -0.1) is 11.3 Å². The topological polar surface area (TPSA) is 85.6 Å². The molecule has 0 radical (unpaired) electrons. The molecule has 1 amide bonds. The third kappa shape index (κ3) is 4.25. The highest BCUT2D eigenvalue weighted by Crippen LogP contribution is 2.23. The Hall–Kier alpha value is -1.46. The van der Waals surface area contributed by atoms with Gasteiger partial charge in [-0.3, -0.25) is 9.69 Å². The Labute approximate surface area is 127 Å². The molecule has 0 aromatic carbocycles. The maximum absolute atomic E-state index is 12.1. The Kier molecular flexibility index (Phi) is 4.96. The normalized spacial score (nSPS) is 21.7. The van der Waals surface area contributed by atoms with E-state index in [9.17, 15) is 9.90 Å². The minimum Gasteiger partial charge on any atom is -0.394 e. The summed E-state index contributed by atoms with van der Waals surface area (Å²) >= 11 is 1.33. The van der Waals surface area contributed by atoms with Crippen LogP contribution in [0, 0.1) is 11.3 Å². The first-order valence-corrected chi connectivity index (χ1v) is 7.60. The number of ether oxygens (including phenoxy) is 1. The Bertz CT molecular complexity index is 550. The van der Waals surface area contributed by atoms with E-state index in [0.717, 1.165) is 0 Å². The van der Waals surface area contributed by atoms with Crippen molar-refractivity contribution in [1.82, 2.24) is 4.90 Å². The van der Waals surface area contributed by atoms with E-state index in [1.807, 2.05) is 24.8 Å². The molecule has 0 aliphatic carbocycles. The molecular formula is C14H19N3O3S. The number of nitrogens with zero attached hydrogens (tertiary/aromatic N) is 2. The van der Waals surface area contributed by atoms with Gasteiger partial charge in [0.25, 0.3) is 0 Å². The van der Waals surface area contributed by atoms with E-state index in [-0.39, 0.29) is 25.2 Å². The van der Waals surface area contributed by atoms with Crippen LogP contribution >= 0.6 is 11.3 Å². The van der Waals surface area contributed by atoms with Gasteiger partial charge >= 0.3 is 0 Å². The van der Waals surface area contributed by atoms with Crippen molar-refractivity contribution in [2.75, 3.05) is 31.6 Å². The molecule has 2 heterocycles. The molecule has 1 aromatic heterocycles. The quantitative estimate of drug-likeness (QED) is 0.867. The zero-order chi connectivity index (χ0) is 15.5. The molecule has 6 nitrogen and oxygen atoms in total. The summed E-state index contributed by atoms with van der Waals surface area (Å²) in [7, 11) is 0. The zero-order valence-corrected chi connectivity index (χ0v) is 12.9. The summed E-state index contributed by atoms with van der Waals surface area (Å²) in [6.07, 6.45) is -0.280. The van der Waals surface area contributed by atoms with Crippen LogP contribution in [0.15, 0.2) is 11.4 Å². The highest BCUT2D eigenvalue weighted by atomic mass is 32.1. The standard InChI is InChI=1S/C14H19N3O3S/c1-14(2)9-17(6-11(8-18)20-14)7-12(19)16-13-10(5-15)3-4-21-13/h3-4,11,18H,6-9H2,1-2H3,(H,16,19). The van der Waals surface area contributed by atoms with E-state index >= 15 is 0 Å². The second-order valence-corrected chi connectivity index (χ2v) is 6.59. The number of nitriles is 1. The maximum atomic E-state index is 12.1. The monoisotopic (exact) mass is 309 g/mol. The van der Waals surface area contributed by atoms with Gasteiger partial charge in [0.1, 0.15) is 11.1 Å². The van der Waals surface area contributed by atoms with Crippen LogP contribution in [0.25, 0.3) is 0 Å². The van der Waals surface area contributed by atoms with Gasteiger partial charge in [-0.2, -0.15) is 5.26 Å². The molecule has 2 rings (SSSR count). The highest BCUT2D eigenvalue weighted by Gasteiger charge is 2.33. The fourth-order valence-electron chi connectivity index (χ4n) is 2.50. The molecule has 2 N–H and O–H groups in total. The number of aliphatic hydroxyl groups excluding tert-OH is 1. The lowest BCUT2D eigenvalue weighted by molar-refractivity contribution is -0.151. The van der Waals surface area contributed by atoms with E-state index in [2.05, 4.69) is 5.32 Å². The minimum atomic E-state index is -0.396. The van der Waals surface area contributed by atoms with Gasteiger partial charge in [0, 0.05) is 13.1 Å². The number of hydrogen-bond donors (Lipinski definition) is 2. The summed E-state index contributed by atoms with van der Waals surface area (Å²) in [6.45, 7) is 5.16. The van der Waals surface area contributed by atoms with Crippen LogP contribution in [-0.2, 0) is 9.53 Å². The smallest absolute Gasteiger partial charge is 0.239 e. The maximum Gasteiger partial charge on any atom is 0.239 e. The van der Waals surface area contributed by atoms with Crippen molar-refractivity contribution < 1.29 is 14.6 Å². The van der Waals surface area contributed by atoms with Crippen LogP contribution < -0.4 is 5.32 Å². The average Bonchev–Trinajstić information content (AvgIpc) is 2.83. The molecule has 1 saturated heterocycles. The van der Waals surface area contributed by atoms with Crippen LogP contribution in [0.4, 0.5) is 5.00 Å². The van der Waals surface area contributed by atoms with E-state index < -0.39 is 5.60 Å². The second-order valence-electron chi connectivity index (χ2n) is 5.68. The molecule has 114 valence electrons. The Morgan fingerprint density at radius 3 is 3.14 bits per heavy atom. The number of rotatable bonds is 4. The van der Waals surface area contributed by atoms with Crippen molar-refractivity contribution in [2.45, 2.75) is 25.6 Å². The largest absolute Gasteiger partial charge is 0.394 e. The SMILES string of the molecule is CC1(C)CN(CC(=O)Nc2sccc2C#N)CC(CO)O1. The molecule has 0 bridgehead atoms. The predicted octanol–water partition coefficient (Wildman–Crippen LogP) is 1.03. The van der Waals surface area contributed by atoms with Crippen LogP contribution in [-0.4, -0.2) is 53.9 Å². The van der Waals surface area contributed by atoms with Crippen LogP contribution in [0.2, 0.25) is 0 Å². The van der Waals surface area contributed by atoms with Crippen molar-refractivity contribution >= 4 is 22.2 Å². The molecule has 21 heavy (non-hydrogen) atoms. The van der Waals surface area contributed by atoms with Gasteiger partial charge in [-0.25, -0.2) is 0 Å². The van der Waals surface area contributed by atoms with Crippen molar-refractivity contribution in [2.24, 2.45) is 0 Å². The van der Waals surface area contributed by atoms with Crippen LogP contribution in [0.1, 0.15) is 19.4 Å². The number of carbonyl (C=O) groups is 1. The van der Waals surface area contributed by atoms with Gasteiger partial charge in [-0.1, -0.05) is 0 Å². The highest BCUT2D eigenvalue weighted by molar-refractivity contribution is 7.14. The number of aliphatic hydroxyl groups is 1. The molecule has 0 saturated carbocycles. The number of morpholine rings is 1. The zero-order valence-electron chi connectivity index (χ0n) is 12.1. The molecule has 1 unspecified atom stereocenters. The molecule has 7 heteroatoms. The lowest BCUT2D eigenvalue weighted by atomic mass is 10.1. The summed E-state index contributed by atoms with van der Waals surface area (Å²) in [5.74, 6) is -0.164.